The number of hydrogen-bond acceptors (Lipinski definition) is 4. The maximum atomic E-state index is 12.5. The van der Waals surface area contributed by atoms with Crippen LogP contribution < -0.4 is 10.6 Å². The zero-order chi connectivity index (χ0) is 15.6. The van der Waals surface area contributed by atoms with Gasteiger partial charge in [-0.05, 0) is 36.4 Å². The van der Waals surface area contributed by atoms with Crippen LogP contribution in [0.2, 0.25) is 0 Å². The molecule has 0 bridgehead atoms. The fourth-order valence-corrected chi connectivity index (χ4v) is 3.18. The second kappa shape index (κ2) is 6.01. The molecule has 2 N–H and O–H groups in total. The lowest BCUT2D eigenvalue weighted by Crippen LogP contribution is -2.25. The fourth-order valence-electron chi connectivity index (χ4n) is 2.54. The highest BCUT2D eigenvalue weighted by molar-refractivity contribution is 7.09. The van der Waals surface area contributed by atoms with E-state index in [1.807, 2.05) is 36.4 Å². The average Bonchev–Trinajstić information content (AvgIpc) is 3.23. The summed E-state index contributed by atoms with van der Waals surface area (Å²) in [6.07, 6.45) is 2.16. The molecule has 1 aliphatic carbocycles. The van der Waals surface area contributed by atoms with Crippen molar-refractivity contribution in [1.29, 1.82) is 0 Å². The molecule has 1 saturated carbocycles. The number of para-hydroxylation sites is 1. The molecule has 1 aliphatic rings. The smallest absolute Gasteiger partial charge is 0.252 e. The summed E-state index contributed by atoms with van der Waals surface area (Å²) in [5, 5.41) is 9.34. The van der Waals surface area contributed by atoms with Gasteiger partial charge in [-0.2, -0.15) is 0 Å². The van der Waals surface area contributed by atoms with Gasteiger partial charge in [0.1, 0.15) is 5.82 Å². The number of hydrogen-bond donors (Lipinski definition) is 2. The van der Waals surface area contributed by atoms with Crippen LogP contribution in [0.15, 0.2) is 47.8 Å². The van der Waals surface area contributed by atoms with Gasteiger partial charge in [-0.1, -0.05) is 24.3 Å². The van der Waals surface area contributed by atoms with Crippen molar-refractivity contribution in [3.8, 4) is 0 Å². The largest absolute Gasteiger partial charge is 0.365 e. The topological polar surface area (TPSA) is 54.0 Å². The number of anilines is 1. The number of rotatable bonds is 5. The third-order valence-corrected chi connectivity index (χ3v) is 4.77. The molecular formula is C18H17N3OS. The van der Waals surface area contributed by atoms with Crippen LogP contribution >= 0.6 is 11.3 Å². The van der Waals surface area contributed by atoms with Gasteiger partial charge in [0, 0.05) is 16.3 Å². The second-order valence-corrected chi connectivity index (χ2v) is 6.79. The van der Waals surface area contributed by atoms with Gasteiger partial charge in [0.15, 0.2) is 0 Å². The van der Waals surface area contributed by atoms with E-state index in [0.29, 0.717) is 18.2 Å². The molecule has 3 aromatic rings. The summed E-state index contributed by atoms with van der Waals surface area (Å²) in [7, 11) is 0. The van der Waals surface area contributed by atoms with Crippen molar-refractivity contribution in [3.05, 3.63) is 58.3 Å². The number of thiophene rings is 1. The standard InChI is InChI=1S/C18H17N3OS/c22-18(20-12-7-8-12)15-10-17(19-11-13-4-3-9-23-13)21-16-6-2-1-5-14(15)16/h1-6,9-10,12H,7-8,11H2,(H,19,21)(H,20,22). The number of aromatic nitrogens is 1. The van der Waals surface area contributed by atoms with Crippen molar-refractivity contribution < 1.29 is 4.79 Å². The van der Waals surface area contributed by atoms with E-state index >= 15 is 0 Å². The molecule has 0 saturated heterocycles. The molecular weight excluding hydrogens is 306 g/mol. The van der Waals surface area contributed by atoms with Crippen LogP contribution in [0.3, 0.4) is 0 Å². The molecule has 5 heteroatoms. The van der Waals surface area contributed by atoms with E-state index in [2.05, 4.69) is 27.1 Å². The fraction of sp³-hybridized carbons (Fsp3) is 0.222. The first kappa shape index (κ1) is 14.2. The second-order valence-electron chi connectivity index (χ2n) is 5.75. The lowest BCUT2D eigenvalue weighted by molar-refractivity contribution is 0.0952. The molecule has 4 rings (SSSR count). The minimum Gasteiger partial charge on any atom is -0.365 e. The highest BCUT2D eigenvalue weighted by Crippen LogP contribution is 2.24. The Labute approximate surface area is 138 Å². The molecule has 116 valence electrons. The normalized spacial score (nSPS) is 13.9. The van der Waals surface area contributed by atoms with Crippen LogP contribution in [0.1, 0.15) is 28.1 Å². The maximum Gasteiger partial charge on any atom is 0.252 e. The number of fused-ring (bicyclic) bond motifs is 1. The van der Waals surface area contributed by atoms with E-state index in [4.69, 9.17) is 0 Å². The van der Waals surface area contributed by atoms with Crippen LogP contribution in [0.4, 0.5) is 5.82 Å². The van der Waals surface area contributed by atoms with Crippen molar-refractivity contribution in [2.45, 2.75) is 25.4 Å². The maximum absolute atomic E-state index is 12.5. The number of carbonyl (C=O) groups is 1. The molecule has 1 fully saturated rings. The van der Waals surface area contributed by atoms with Gasteiger partial charge in [-0.15, -0.1) is 11.3 Å². The molecule has 0 radical (unpaired) electrons. The minimum absolute atomic E-state index is 0.00901. The molecule has 23 heavy (non-hydrogen) atoms. The zero-order valence-corrected chi connectivity index (χ0v) is 13.4. The van der Waals surface area contributed by atoms with Gasteiger partial charge >= 0.3 is 0 Å². The molecule has 0 unspecified atom stereocenters. The Morgan fingerprint density at radius 3 is 2.87 bits per heavy atom. The van der Waals surface area contributed by atoms with E-state index in [1.165, 1.54) is 4.88 Å². The first-order valence-electron chi connectivity index (χ1n) is 7.76. The Bertz CT molecular complexity index is 841. The van der Waals surface area contributed by atoms with Crippen LogP contribution in [0, 0.1) is 0 Å². The van der Waals surface area contributed by atoms with Gasteiger partial charge in [-0.3, -0.25) is 4.79 Å². The SMILES string of the molecule is O=C(NC1CC1)c1cc(NCc2cccs2)nc2ccccc12. The van der Waals surface area contributed by atoms with E-state index in [1.54, 1.807) is 11.3 Å². The van der Waals surface area contributed by atoms with Gasteiger partial charge in [0.05, 0.1) is 17.6 Å². The van der Waals surface area contributed by atoms with Crippen molar-refractivity contribution in [2.24, 2.45) is 0 Å². The Morgan fingerprint density at radius 1 is 1.22 bits per heavy atom. The van der Waals surface area contributed by atoms with Crippen LogP contribution in [0.25, 0.3) is 10.9 Å². The van der Waals surface area contributed by atoms with Crippen LogP contribution in [-0.2, 0) is 6.54 Å². The Balaban J connectivity index is 1.66. The van der Waals surface area contributed by atoms with E-state index in [9.17, 15) is 4.79 Å². The van der Waals surface area contributed by atoms with Gasteiger partial charge < -0.3 is 10.6 Å². The summed E-state index contributed by atoms with van der Waals surface area (Å²) in [6.45, 7) is 0.715. The lowest BCUT2D eigenvalue weighted by atomic mass is 10.1. The van der Waals surface area contributed by atoms with Crippen molar-refractivity contribution >= 4 is 34.0 Å². The highest BCUT2D eigenvalue weighted by Gasteiger charge is 2.24. The third kappa shape index (κ3) is 3.19. The Kier molecular flexibility index (Phi) is 3.71. The predicted molar refractivity (Wildman–Crippen MR) is 93.9 cm³/mol. The molecule has 1 amide bonds. The summed E-state index contributed by atoms with van der Waals surface area (Å²) >= 11 is 1.70. The van der Waals surface area contributed by atoms with Crippen molar-refractivity contribution in [1.82, 2.24) is 10.3 Å². The van der Waals surface area contributed by atoms with E-state index < -0.39 is 0 Å². The number of amides is 1. The summed E-state index contributed by atoms with van der Waals surface area (Å²) in [4.78, 5) is 18.4. The number of nitrogens with zero attached hydrogens (tertiary/aromatic N) is 1. The molecule has 2 heterocycles. The summed E-state index contributed by atoms with van der Waals surface area (Å²) in [5.74, 6) is 0.725. The van der Waals surface area contributed by atoms with Crippen molar-refractivity contribution in [2.75, 3.05) is 5.32 Å². The Hall–Kier alpha value is -2.40. The van der Waals surface area contributed by atoms with Crippen LogP contribution in [0.5, 0.6) is 0 Å². The minimum atomic E-state index is -0.00901. The number of pyridine rings is 1. The Morgan fingerprint density at radius 2 is 2.09 bits per heavy atom. The summed E-state index contributed by atoms with van der Waals surface area (Å²) < 4.78 is 0. The molecule has 4 nitrogen and oxygen atoms in total. The van der Waals surface area contributed by atoms with Gasteiger partial charge in [-0.25, -0.2) is 4.98 Å². The summed E-state index contributed by atoms with van der Waals surface area (Å²) in [6, 6.07) is 14.1. The molecule has 0 aliphatic heterocycles. The first-order chi connectivity index (χ1) is 11.3. The zero-order valence-electron chi connectivity index (χ0n) is 12.6. The van der Waals surface area contributed by atoms with E-state index in [0.717, 1.165) is 29.6 Å². The van der Waals surface area contributed by atoms with Gasteiger partial charge in [0.25, 0.3) is 5.91 Å². The average molecular weight is 323 g/mol. The third-order valence-electron chi connectivity index (χ3n) is 3.90. The molecule has 2 aromatic heterocycles. The number of carbonyl (C=O) groups excluding carboxylic acids is 1. The highest BCUT2D eigenvalue weighted by atomic mass is 32.1. The van der Waals surface area contributed by atoms with Crippen molar-refractivity contribution in [3.63, 3.8) is 0 Å². The lowest BCUT2D eigenvalue weighted by Gasteiger charge is -2.11. The molecule has 0 atom stereocenters. The number of benzene rings is 1. The van der Waals surface area contributed by atoms with Gasteiger partial charge in [0.2, 0.25) is 0 Å². The first-order valence-corrected chi connectivity index (χ1v) is 8.64. The molecule has 0 spiro atoms. The molecule has 1 aromatic carbocycles. The predicted octanol–water partition coefficient (Wildman–Crippen LogP) is 3.80. The quantitative estimate of drug-likeness (QED) is 0.751. The monoisotopic (exact) mass is 323 g/mol. The summed E-state index contributed by atoms with van der Waals surface area (Å²) in [5.41, 5.74) is 1.53. The number of nitrogens with one attached hydrogen (secondary N) is 2. The van der Waals surface area contributed by atoms with Crippen LogP contribution in [-0.4, -0.2) is 16.9 Å². The van der Waals surface area contributed by atoms with E-state index in [-0.39, 0.29) is 5.91 Å².